The van der Waals surface area contributed by atoms with Crippen molar-refractivity contribution < 1.29 is 35.6 Å². The van der Waals surface area contributed by atoms with Crippen molar-refractivity contribution in [2.75, 3.05) is 12.9 Å². The summed E-state index contributed by atoms with van der Waals surface area (Å²) in [7, 11) is 2.47. The Bertz CT molecular complexity index is 858. The molecule has 0 bridgehead atoms. The van der Waals surface area contributed by atoms with Crippen LogP contribution in [-0.4, -0.2) is 37.9 Å². The number of alkyl halides is 6. The lowest BCUT2D eigenvalue weighted by Gasteiger charge is -2.17. The largest absolute Gasteiger partial charge is 0.611 e. The van der Waals surface area contributed by atoms with Crippen molar-refractivity contribution >= 4 is 11.2 Å². The summed E-state index contributed by atoms with van der Waals surface area (Å²) >= 11 is -3.03. The fourth-order valence-corrected chi connectivity index (χ4v) is 3.19. The van der Waals surface area contributed by atoms with Gasteiger partial charge < -0.3 is 9.29 Å². The number of rotatable bonds is 4. The lowest BCUT2D eigenvalue weighted by atomic mass is 10.2. The van der Waals surface area contributed by atoms with E-state index in [4.69, 9.17) is 4.74 Å². The molecule has 1 aromatic carbocycles. The topological polar surface area (TPSA) is 72.1 Å². The van der Waals surface area contributed by atoms with Crippen LogP contribution in [0, 0.1) is 0 Å². The van der Waals surface area contributed by atoms with Gasteiger partial charge >= 0.3 is 24.1 Å². The Morgan fingerprint density at radius 1 is 1.23 bits per heavy atom. The third kappa shape index (κ3) is 4.15. The molecule has 144 valence electrons. The van der Waals surface area contributed by atoms with E-state index in [-0.39, 0.29) is 11.7 Å². The normalized spacial score (nSPS) is 13.7. The molecule has 0 fully saturated rings. The Labute approximate surface area is 145 Å². The van der Waals surface area contributed by atoms with E-state index < -0.39 is 45.4 Å². The van der Waals surface area contributed by atoms with Gasteiger partial charge in [-0.2, -0.15) is 31.0 Å². The van der Waals surface area contributed by atoms with Gasteiger partial charge in [0, 0.05) is 13.1 Å². The molecule has 2 rings (SSSR count). The molecule has 0 saturated carbocycles. The van der Waals surface area contributed by atoms with Gasteiger partial charge in [0.25, 0.3) is 0 Å². The van der Waals surface area contributed by atoms with Crippen LogP contribution in [0.4, 0.5) is 26.3 Å². The first-order chi connectivity index (χ1) is 11.8. The minimum Gasteiger partial charge on any atom is -0.611 e. The van der Waals surface area contributed by atoms with E-state index in [0.717, 1.165) is 10.6 Å². The fourth-order valence-electron chi connectivity index (χ4n) is 2.06. The number of halogens is 6. The van der Waals surface area contributed by atoms with Crippen molar-refractivity contribution in [1.29, 1.82) is 0 Å². The quantitative estimate of drug-likeness (QED) is 0.580. The van der Waals surface area contributed by atoms with Gasteiger partial charge in [-0.3, -0.25) is 0 Å². The molecule has 0 saturated heterocycles. The molecule has 6 nitrogen and oxygen atoms in total. The van der Waals surface area contributed by atoms with Crippen LogP contribution < -0.4 is 10.4 Å². The number of benzene rings is 1. The molecular weight excluding hydrogens is 392 g/mol. The molecule has 1 aromatic heterocycles. The van der Waals surface area contributed by atoms with Gasteiger partial charge in [0.05, 0.1) is 12.8 Å². The number of methoxy groups -OCH3 is 1. The smallest absolute Gasteiger partial charge is 0.433 e. The molecule has 1 heterocycles. The van der Waals surface area contributed by atoms with Crippen molar-refractivity contribution in [3.63, 3.8) is 0 Å². The summed E-state index contributed by atoms with van der Waals surface area (Å²) in [6.45, 7) is 0. The number of hydrogen-bond acceptors (Lipinski definition) is 4. The van der Waals surface area contributed by atoms with Crippen LogP contribution in [0.1, 0.15) is 5.56 Å². The highest BCUT2D eigenvalue weighted by molar-refractivity contribution is 7.91. The van der Waals surface area contributed by atoms with Crippen LogP contribution in [0.2, 0.25) is 0 Å². The molecule has 2 aromatic rings. The molecule has 0 amide bonds. The van der Waals surface area contributed by atoms with Crippen molar-refractivity contribution in [2.24, 2.45) is 7.05 Å². The van der Waals surface area contributed by atoms with E-state index in [9.17, 15) is 35.7 Å². The molecular formula is C13H11F6N3O3S. The zero-order valence-corrected chi connectivity index (χ0v) is 14.0. The molecule has 0 N–H and O–H groups in total. The number of aromatic nitrogens is 3. The Kier molecular flexibility index (Phi) is 5.33. The third-order valence-electron chi connectivity index (χ3n) is 3.18. The number of hydrogen-bond donors (Lipinski definition) is 0. The van der Waals surface area contributed by atoms with Gasteiger partial charge in [0.15, 0.2) is 4.90 Å². The zero-order valence-electron chi connectivity index (χ0n) is 13.2. The van der Waals surface area contributed by atoms with Crippen LogP contribution in [-0.2, 0) is 24.4 Å². The van der Waals surface area contributed by atoms with Gasteiger partial charge in [0.1, 0.15) is 5.56 Å². The van der Waals surface area contributed by atoms with E-state index in [0.29, 0.717) is 16.8 Å². The van der Waals surface area contributed by atoms with Crippen molar-refractivity contribution in [2.45, 2.75) is 17.2 Å². The van der Waals surface area contributed by atoms with Crippen molar-refractivity contribution in [3.05, 3.63) is 34.2 Å². The number of ether oxygens (including phenoxy) is 1. The van der Waals surface area contributed by atoms with Gasteiger partial charge in [0.2, 0.25) is 5.75 Å². The average molecular weight is 403 g/mol. The predicted molar refractivity (Wildman–Crippen MR) is 77.7 cm³/mol. The zero-order chi connectivity index (χ0) is 19.9. The predicted octanol–water partition coefficient (Wildman–Crippen LogP) is 2.27. The van der Waals surface area contributed by atoms with Crippen LogP contribution in [0.3, 0.4) is 0 Å². The van der Waals surface area contributed by atoms with Crippen LogP contribution in [0.5, 0.6) is 6.01 Å². The van der Waals surface area contributed by atoms with Crippen LogP contribution in [0.25, 0.3) is 5.69 Å². The monoisotopic (exact) mass is 403 g/mol. The lowest BCUT2D eigenvalue weighted by molar-refractivity contribution is -0.140. The molecule has 0 aliphatic rings. The second-order valence-electron chi connectivity index (χ2n) is 5.02. The van der Waals surface area contributed by atoms with E-state index in [1.807, 2.05) is 0 Å². The first-order valence-corrected chi connectivity index (χ1v) is 8.04. The average Bonchev–Trinajstić information content (AvgIpc) is 2.79. The van der Waals surface area contributed by atoms with Gasteiger partial charge in [-0.25, -0.2) is 9.36 Å². The fraction of sp³-hybridized carbons (Fsp3) is 0.385. The Hall–Kier alpha value is -2.15. The highest BCUT2D eigenvalue weighted by atomic mass is 32.2. The molecule has 0 aliphatic carbocycles. The summed E-state index contributed by atoms with van der Waals surface area (Å²) in [5, 5.41) is 3.71. The summed E-state index contributed by atoms with van der Waals surface area (Å²) in [6, 6.07) is 1.71. The van der Waals surface area contributed by atoms with E-state index in [2.05, 4.69) is 5.10 Å². The van der Waals surface area contributed by atoms with Crippen molar-refractivity contribution in [1.82, 2.24) is 14.3 Å². The molecule has 26 heavy (non-hydrogen) atoms. The second-order valence-corrected chi connectivity index (χ2v) is 6.44. The van der Waals surface area contributed by atoms with Crippen molar-refractivity contribution in [3.8, 4) is 11.7 Å². The molecule has 1 unspecified atom stereocenters. The number of nitrogens with zero attached hydrogens (tertiary/aromatic N) is 3. The maximum Gasteiger partial charge on any atom is 0.433 e. The minimum absolute atomic E-state index is 0.173. The standard InChI is InChI=1S/C13H11F6N3O3S/c1-21-10(25-2)20-22(11(21)23)7-3-4-8(13(17,18)19)9(5-7)26(24)6-12(14,15)16/h3-5H,6H2,1-2H3. The van der Waals surface area contributed by atoms with Crippen LogP contribution in [0.15, 0.2) is 27.9 Å². The maximum atomic E-state index is 13.1. The molecule has 0 aliphatic heterocycles. The Morgan fingerprint density at radius 3 is 2.31 bits per heavy atom. The molecule has 1 atom stereocenters. The van der Waals surface area contributed by atoms with E-state index in [1.165, 1.54) is 14.2 Å². The summed E-state index contributed by atoms with van der Waals surface area (Å²) in [5.74, 6) is -1.96. The first-order valence-electron chi connectivity index (χ1n) is 6.72. The summed E-state index contributed by atoms with van der Waals surface area (Å²) in [5.41, 5.74) is -2.58. The van der Waals surface area contributed by atoms with Gasteiger partial charge in [-0.15, -0.1) is 5.10 Å². The summed E-state index contributed by atoms with van der Waals surface area (Å²) in [6.07, 6.45) is -9.96. The Morgan fingerprint density at radius 2 is 1.85 bits per heavy atom. The summed E-state index contributed by atoms with van der Waals surface area (Å²) in [4.78, 5) is 11.0. The summed E-state index contributed by atoms with van der Waals surface area (Å²) < 4.78 is 94.7. The molecule has 0 radical (unpaired) electrons. The molecule has 13 heteroatoms. The highest BCUT2D eigenvalue weighted by Gasteiger charge is 2.42. The third-order valence-corrected chi connectivity index (χ3v) is 4.60. The lowest BCUT2D eigenvalue weighted by Crippen LogP contribution is -2.26. The van der Waals surface area contributed by atoms with E-state index >= 15 is 0 Å². The Balaban J connectivity index is 2.62. The van der Waals surface area contributed by atoms with Crippen LogP contribution >= 0.6 is 0 Å². The molecule has 0 spiro atoms. The minimum atomic E-state index is -5.03. The maximum absolute atomic E-state index is 13.1. The van der Waals surface area contributed by atoms with Gasteiger partial charge in [-0.1, -0.05) is 0 Å². The highest BCUT2D eigenvalue weighted by Crippen LogP contribution is 2.36. The van der Waals surface area contributed by atoms with Gasteiger partial charge in [-0.05, 0) is 23.3 Å². The van der Waals surface area contributed by atoms with E-state index in [1.54, 1.807) is 0 Å². The second kappa shape index (κ2) is 6.87. The SMILES string of the molecule is COc1nn(-c2ccc(C(F)(F)F)c([S+]([O-])CC(F)(F)F)c2)c(=O)n1C. The first kappa shape index (κ1) is 20.2.